The SMILES string of the molecule is CN1C(=O)C(C(=O)c2cccc(SOOO)c2)C2C3=C(C(=O)c4ccccc42)C(Nc2cc(Nc4nc(Nc5ccccc5C(=O)O)nc(=O)[nH]4)c(S(=O)(=O)O)cc2SOOO)CCC31. The van der Waals surface area contributed by atoms with Crippen molar-refractivity contribution in [2.45, 2.75) is 45.5 Å². The Morgan fingerprint density at radius 1 is 0.862 bits per heavy atom. The molecule has 0 bridgehead atoms. The Labute approximate surface area is 374 Å². The van der Waals surface area contributed by atoms with Gasteiger partial charge in [0.1, 0.15) is 10.8 Å². The number of likely N-dealkylation sites (tertiary alicyclic amines) is 1. The lowest BCUT2D eigenvalue weighted by molar-refractivity contribution is -0.432. The second-order valence-corrected chi connectivity index (χ2v) is 17.5. The number of carboxylic acid groups (broad SMARTS) is 1. The first kappa shape index (κ1) is 45.1. The number of amides is 1. The number of fused-ring (bicyclic) bond motifs is 2. The Morgan fingerprint density at radius 2 is 1.60 bits per heavy atom. The molecule has 4 atom stereocenters. The molecule has 4 unspecified atom stereocenters. The lowest BCUT2D eigenvalue weighted by Crippen LogP contribution is -2.57. The number of hydrogen-bond donors (Lipinski definition) is 8. The van der Waals surface area contributed by atoms with Gasteiger partial charge in [0.05, 0.1) is 63.7 Å². The summed E-state index contributed by atoms with van der Waals surface area (Å²) in [6.07, 6.45) is 0.509. The van der Waals surface area contributed by atoms with E-state index in [4.69, 9.17) is 14.8 Å². The van der Waals surface area contributed by atoms with E-state index in [1.807, 2.05) is 0 Å². The van der Waals surface area contributed by atoms with E-state index in [2.05, 4.69) is 45.3 Å². The number of benzene rings is 4. The van der Waals surface area contributed by atoms with Crippen LogP contribution in [-0.4, -0.2) is 91.0 Å². The number of para-hydroxylation sites is 1. The summed E-state index contributed by atoms with van der Waals surface area (Å²) in [7, 11) is -3.54. The number of anilines is 5. The molecule has 2 heterocycles. The molecule has 1 fully saturated rings. The number of aromatic carboxylic acids is 1. The molecule has 1 aromatic heterocycles. The summed E-state index contributed by atoms with van der Waals surface area (Å²) >= 11 is 0.954. The van der Waals surface area contributed by atoms with E-state index in [1.165, 1.54) is 47.4 Å². The summed E-state index contributed by atoms with van der Waals surface area (Å²) < 4.78 is 45.4. The van der Waals surface area contributed by atoms with Crippen LogP contribution in [0, 0.1) is 5.92 Å². The van der Waals surface area contributed by atoms with Crippen LogP contribution in [0.2, 0.25) is 0 Å². The minimum atomic E-state index is -5.10. The number of carbonyl (C=O) groups excluding carboxylic acids is 3. The van der Waals surface area contributed by atoms with Crippen molar-refractivity contribution < 1.29 is 66.5 Å². The molecular weight excluding hydrogens is 915 g/mol. The maximum Gasteiger partial charge on any atom is 0.351 e. The summed E-state index contributed by atoms with van der Waals surface area (Å²) in [4.78, 5) is 79.3. The van der Waals surface area contributed by atoms with Crippen molar-refractivity contribution in [1.29, 1.82) is 0 Å². The zero-order valence-corrected chi connectivity index (χ0v) is 35.6. The number of nitrogens with one attached hydrogen (secondary N) is 4. The van der Waals surface area contributed by atoms with E-state index in [0.717, 1.165) is 6.07 Å². The number of aromatic nitrogens is 3. The average Bonchev–Trinajstić information content (AvgIpc) is 3.28. The molecule has 0 saturated carbocycles. The molecule has 22 nitrogen and oxygen atoms in total. The van der Waals surface area contributed by atoms with Gasteiger partial charge in [-0.1, -0.05) is 58.6 Å². The minimum Gasteiger partial charge on any atom is -0.478 e. The highest BCUT2D eigenvalue weighted by Crippen LogP contribution is 2.52. The van der Waals surface area contributed by atoms with Gasteiger partial charge in [0.15, 0.2) is 11.6 Å². The first-order valence-corrected chi connectivity index (χ1v) is 22.0. The molecule has 2 aliphatic carbocycles. The topological polar surface area (TPSA) is 318 Å². The van der Waals surface area contributed by atoms with Crippen molar-refractivity contribution in [2.75, 3.05) is 23.0 Å². The number of ketones is 2. The molecule has 4 aromatic carbocycles. The molecule has 1 amide bonds. The summed E-state index contributed by atoms with van der Waals surface area (Å²) in [6, 6.07) is 19.2. The third-order valence-electron chi connectivity index (χ3n) is 11.0. The van der Waals surface area contributed by atoms with E-state index in [-0.39, 0.29) is 50.6 Å². The predicted octanol–water partition coefficient (Wildman–Crippen LogP) is 5.64. The summed E-state index contributed by atoms with van der Waals surface area (Å²) in [5.74, 6) is -5.75. The largest absolute Gasteiger partial charge is 0.478 e. The van der Waals surface area contributed by atoms with Crippen molar-refractivity contribution >= 4 is 86.6 Å². The number of nitrogens with zero attached hydrogens (tertiary/aromatic N) is 3. The van der Waals surface area contributed by atoms with Gasteiger partial charge in [-0.3, -0.25) is 23.9 Å². The first-order chi connectivity index (χ1) is 31.2. The normalized spacial score (nSPS) is 19.0. The smallest absolute Gasteiger partial charge is 0.351 e. The van der Waals surface area contributed by atoms with Gasteiger partial charge in [-0.15, -0.1) is 8.67 Å². The van der Waals surface area contributed by atoms with Gasteiger partial charge in [0.25, 0.3) is 10.1 Å². The van der Waals surface area contributed by atoms with Crippen molar-refractivity contribution in [3.8, 4) is 0 Å². The van der Waals surface area contributed by atoms with E-state index in [0.29, 0.717) is 46.5 Å². The Morgan fingerprint density at radius 3 is 2.35 bits per heavy atom. The van der Waals surface area contributed by atoms with Crippen LogP contribution in [0.25, 0.3) is 0 Å². The van der Waals surface area contributed by atoms with Crippen LogP contribution in [0.4, 0.5) is 29.0 Å². The second kappa shape index (κ2) is 18.5. The van der Waals surface area contributed by atoms with E-state index in [1.54, 1.807) is 43.4 Å². The van der Waals surface area contributed by atoms with Crippen molar-refractivity contribution in [3.63, 3.8) is 0 Å². The predicted molar refractivity (Wildman–Crippen MR) is 228 cm³/mol. The summed E-state index contributed by atoms with van der Waals surface area (Å²) in [6.45, 7) is 0. The standard InChI is InChI=1S/C40H33N7O15S3/c1-47-27-14-13-24(31-32(27)30(20-9-2-3-10-21(20)35(31)49)33(36(47)50)34(48)18-7-6-8-19(15-18)63-61-59-54)41-25-16-26(29(65(56,57)58)17-28(25)64-62-60-55)43-39-44-38(45-40(53)46-39)42-23-12-5-4-11-22(23)37(51)52/h2-12,15-17,24,27,30,33,41,54-55H,13-14H2,1H3,(H,51,52)(H,56,57,58)(H3,42,43,44,45,46,53). The highest BCUT2D eigenvalue weighted by molar-refractivity contribution is 7.95. The first-order valence-electron chi connectivity index (χ1n) is 19.0. The zero-order valence-electron chi connectivity index (χ0n) is 33.2. The molecule has 65 heavy (non-hydrogen) atoms. The van der Waals surface area contributed by atoms with Crippen LogP contribution in [0.1, 0.15) is 55.4 Å². The number of piperidine rings is 1. The fourth-order valence-electron chi connectivity index (χ4n) is 8.40. The monoisotopic (exact) mass is 947 g/mol. The quantitative estimate of drug-likeness (QED) is 0.0148. The van der Waals surface area contributed by atoms with Gasteiger partial charge in [-0.25, -0.2) is 20.1 Å². The molecule has 25 heteroatoms. The van der Waals surface area contributed by atoms with Gasteiger partial charge in [0.2, 0.25) is 17.8 Å². The van der Waals surface area contributed by atoms with Gasteiger partial charge >= 0.3 is 11.7 Å². The number of aromatic amines is 1. The third-order valence-corrected chi connectivity index (χ3v) is 13.1. The van der Waals surface area contributed by atoms with Crippen LogP contribution < -0.4 is 21.6 Å². The highest BCUT2D eigenvalue weighted by atomic mass is 32.2. The van der Waals surface area contributed by atoms with Gasteiger partial charge in [-0.2, -0.15) is 18.4 Å². The second-order valence-electron chi connectivity index (χ2n) is 14.6. The Hall–Kier alpha value is -6.52. The number of H-pyrrole nitrogens is 1. The third kappa shape index (κ3) is 8.97. The fraction of sp³-hybridized carbons (Fsp3) is 0.175. The Balaban J connectivity index is 1.22. The molecule has 1 aliphatic heterocycles. The van der Waals surface area contributed by atoms with Crippen LogP contribution in [0.15, 0.2) is 116 Å². The van der Waals surface area contributed by atoms with E-state index in [9.17, 15) is 42.0 Å². The van der Waals surface area contributed by atoms with Crippen molar-refractivity contribution in [3.05, 3.63) is 129 Å². The van der Waals surface area contributed by atoms with Crippen molar-refractivity contribution in [1.82, 2.24) is 19.9 Å². The molecule has 0 spiro atoms. The number of carboxylic acids is 1. The van der Waals surface area contributed by atoms with Crippen LogP contribution in [0.5, 0.6) is 0 Å². The lowest BCUT2D eigenvalue weighted by atomic mass is 9.61. The molecule has 0 radical (unpaired) electrons. The van der Waals surface area contributed by atoms with Crippen molar-refractivity contribution in [2.24, 2.45) is 5.92 Å². The molecule has 1 saturated heterocycles. The Kier molecular flexibility index (Phi) is 12.8. The van der Waals surface area contributed by atoms with Crippen LogP contribution in [-0.2, 0) is 33.7 Å². The lowest BCUT2D eigenvalue weighted by Gasteiger charge is -2.50. The molecule has 5 aromatic rings. The molecule has 3 aliphatic rings. The highest BCUT2D eigenvalue weighted by Gasteiger charge is 2.54. The number of carbonyl (C=O) groups is 4. The van der Waals surface area contributed by atoms with Gasteiger partial charge in [0, 0.05) is 34.6 Å². The summed E-state index contributed by atoms with van der Waals surface area (Å²) in [5.41, 5.74) is 0.119. The number of Topliss-reactive ketones (excluding diaryl/α,β-unsaturated/α-hetero) is 2. The molecule has 336 valence electrons. The molecular formula is C40H33N7O15S3. The number of hydrogen-bond acceptors (Lipinski definition) is 20. The van der Waals surface area contributed by atoms with Crippen LogP contribution in [0.3, 0.4) is 0 Å². The van der Waals surface area contributed by atoms with Gasteiger partial charge < -0.3 is 26.0 Å². The number of likely N-dealkylation sites (N-methyl/N-ethyl adjacent to an activating group) is 1. The average molecular weight is 948 g/mol. The maximum absolute atomic E-state index is 14.7. The minimum absolute atomic E-state index is 0.0266. The van der Waals surface area contributed by atoms with E-state index < -0.39 is 80.0 Å². The molecule has 8 N–H and O–H groups in total. The maximum atomic E-state index is 14.7. The summed E-state index contributed by atoms with van der Waals surface area (Å²) in [5, 5.41) is 43.4. The zero-order chi connectivity index (χ0) is 46.2. The number of rotatable bonds is 16. The van der Waals surface area contributed by atoms with Crippen LogP contribution >= 0.6 is 24.1 Å². The van der Waals surface area contributed by atoms with E-state index >= 15 is 0 Å². The molecule has 8 rings (SSSR count). The Bertz CT molecular complexity index is 2970. The fourth-order valence-corrected chi connectivity index (χ4v) is 10.0. The van der Waals surface area contributed by atoms with Gasteiger partial charge in [-0.05, 0) is 60.4 Å².